The Morgan fingerprint density at radius 3 is 2.94 bits per heavy atom. The van der Waals surface area contributed by atoms with Gasteiger partial charge in [0.05, 0.1) is 6.33 Å². The molecule has 0 aliphatic heterocycles. The molecule has 0 radical (unpaired) electrons. The maximum Gasteiger partial charge on any atom is 0.271 e. The molecule has 1 saturated carbocycles. The normalized spacial score (nSPS) is 25.3. The zero-order valence-corrected chi connectivity index (χ0v) is 11.6. The van der Waals surface area contributed by atoms with Crippen molar-refractivity contribution in [2.45, 2.75) is 43.0 Å². The second-order valence-corrected chi connectivity index (χ2v) is 5.83. The van der Waals surface area contributed by atoms with Crippen molar-refractivity contribution in [2.24, 2.45) is 7.05 Å². The Kier molecular flexibility index (Phi) is 4.20. The highest BCUT2D eigenvalue weighted by Gasteiger charge is 2.23. The van der Waals surface area contributed by atoms with Crippen LogP contribution < -0.4 is 5.32 Å². The third-order valence-electron chi connectivity index (χ3n) is 3.19. The summed E-state index contributed by atoms with van der Waals surface area (Å²) in [4.78, 5) is 16.4. The Morgan fingerprint density at radius 2 is 2.24 bits per heavy atom. The van der Waals surface area contributed by atoms with Crippen LogP contribution in [0.3, 0.4) is 0 Å². The number of aryl methyl sites for hydroxylation is 1. The van der Waals surface area contributed by atoms with Gasteiger partial charge in [-0.05, 0) is 12.8 Å². The lowest BCUT2D eigenvalue weighted by Crippen LogP contribution is -2.40. The van der Waals surface area contributed by atoms with Crippen molar-refractivity contribution in [1.82, 2.24) is 14.9 Å². The van der Waals surface area contributed by atoms with Crippen LogP contribution in [0.25, 0.3) is 0 Å². The third kappa shape index (κ3) is 3.31. The summed E-state index contributed by atoms with van der Waals surface area (Å²) in [6.07, 6.45) is 9.27. The minimum Gasteiger partial charge on any atom is -0.347 e. The van der Waals surface area contributed by atoms with Gasteiger partial charge < -0.3 is 9.88 Å². The number of hydrogen-bond donors (Lipinski definition) is 1. The Morgan fingerprint density at radius 1 is 1.47 bits per heavy atom. The fraction of sp³-hybridized carbons (Fsp3) is 0.667. The summed E-state index contributed by atoms with van der Waals surface area (Å²) in [5, 5.41) is 3.08. The molecule has 94 valence electrons. The largest absolute Gasteiger partial charge is 0.347 e. The van der Waals surface area contributed by atoms with Crippen molar-refractivity contribution in [3.8, 4) is 0 Å². The molecule has 2 unspecified atom stereocenters. The van der Waals surface area contributed by atoms with E-state index in [9.17, 15) is 4.79 Å². The SMILES string of the molecule is Cn1cnc(C(=O)NC2CCCCCC2Br)c1. The van der Waals surface area contributed by atoms with Gasteiger partial charge in [-0.1, -0.05) is 35.2 Å². The molecule has 1 heterocycles. The fourth-order valence-electron chi connectivity index (χ4n) is 2.20. The molecule has 2 rings (SSSR count). The summed E-state index contributed by atoms with van der Waals surface area (Å²) in [5.41, 5.74) is 0.497. The number of amides is 1. The van der Waals surface area contributed by atoms with E-state index in [1.54, 1.807) is 17.1 Å². The summed E-state index contributed by atoms with van der Waals surface area (Å²) in [7, 11) is 1.86. The molecule has 5 heteroatoms. The van der Waals surface area contributed by atoms with Gasteiger partial charge in [-0.15, -0.1) is 0 Å². The molecule has 1 aliphatic carbocycles. The predicted octanol–water partition coefficient (Wildman–Crippen LogP) is 2.25. The van der Waals surface area contributed by atoms with E-state index >= 15 is 0 Å². The maximum absolute atomic E-state index is 12.0. The highest BCUT2D eigenvalue weighted by atomic mass is 79.9. The van der Waals surface area contributed by atoms with E-state index < -0.39 is 0 Å². The summed E-state index contributed by atoms with van der Waals surface area (Å²) >= 11 is 3.67. The van der Waals surface area contributed by atoms with Gasteiger partial charge in [0, 0.05) is 24.1 Å². The van der Waals surface area contributed by atoms with Gasteiger partial charge in [-0.2, -0.15) is 0 Å². The molecule has 1 N–H and O–H groups in total. The smallest absolute Gasteiger partial charge is 0.271 e. The molecule has 0 saturated heterocycles. The number of carbonyl (C=O) groups is 1. The first-order valence-corrected chi connectivity index (χ1v) is 7.01. The van der Waals surface area contributed by atoms with E-state index in [4.69, 9.17) is 0 Å². The molecular formula is C12H18BrN3O. The molecule has 1 amide bonds. The highest BCUT2D eigenvalue weighted by molar-refractivity contribution is 9.09. The molecular weight excluding hydrogens is 282 g/mol. The molecule has 0 spiro atoms. The second-order valence-electron chi connectivity index (χ2n) is 4.66. The first kappa shape index (κ1) is 12.6. The van der Waals surface area contributed by atoms with Crippen LogP contribution in [-0.4, -0.2) is 26.3 Å². The molecule has 1 fully saturated rings. The van der Waals surface area contributed by atoms with Crippen molar-refractivity contribution in [3.63, 3.8) is 0 Å². The maximum atomic E-state index is 12.0. The van der Waals surface area contributed by atoms with Gasteiger partial charge in [0.2, 0.25) is 0 Å². The van der Waals surface area contributed by atoms with Crippen molar-refractivity contribution < 1.29 is 4.79 Å². The Labute approximate surface area is 110 Å². The van der Waals surface area contributed by atoms with Crippen LogP contribution in [-0.2, 0) is 7.05 Å². The number of hydrogen-bond acceptors (Lipinski definition) is 2. The summed E-state index contributed by atoms with van der Waals surface area (Å²) in [6, 6.07) is 0.229. The van der Waals surface area contributed by atoms with Gasteiger partial charge >= 0.3 is 0 Å². The van der Waals surface area contributed by atoms with Crippen LogP contribution in [0.2, 0.25) is 0 Å². The zero-order chi connectivity index (χ0) is 12.3. The van der Waals surface area contributed by atoms with Crippen LogP contribution in [0, 0.1) is 0 Å². The molecule has 4 nitrogen and oxygen atoms in total. The second kappa shape index (κ2) is 5.67. The van der Waals surface area contributed by atoms with E-state index in [1.165, 1.54) is 19.3 Å². The predicted molar refractivity (Wildman–Crippen MR) is 70.3 cm³/mol. The number of halogens is 1. The van der Waals surface area contributed by atoms with E-state index in [2.05, 4.69) is 26.2 Å². The van der Waals surface area contributed by atoms with Gasteiger partial charge in [-0.25, -0.2) is 4.98 Å². The van der Waals surface area contributed by atoms with E-state index in [-0.39, 0.29) is 11.9 Å². The first-order valence-electron chi connectivity index (χ1n) is 6.09. The van der Waals surface area contributed by atoms with Crippen LogP contribution in [0.5, 0.6) is 0 Å². The standard InChI is InChI=1S/C12H18BrN3O/c1-16-7-11(14-8-16)12(17)15-10-6-4-2-3-5-9(10)13/h7-10H,2-6H2,1H3,(H,15,17). The number of rotatable bonds is 2. The van der Waals surface area contributed by atoms with Crippen molar-refractivity contribution >= 4 is 21.8 Å². The lowest BCUT2D eigenvalue weighted by molar-refractivity contribution is 0.0930. The molecule has 1 aromatic rings. The average molecular weight is 300 g/mol. The molecule has 1 aromatic heterocycles. The molecule has 17 heavy (non-hydrogen) atoms. The topological polar surface area (TPSA) is 46.9 Å². The van der Waals surface area contributed by atoms with E-state index in [1.807, 2.05) is 7.05 Å². The summed E-state index contributed by atoms with van der Waals surface area (Å²) in [6.45, 7) is 0. The van der Waals surface area contributed by atoms with Crippen molar-refractivity contribution in [1.29, 1.82) is 0 Å². The lowest BCUT2D eigenvalue weighted by Gasteiger charge is -2.20. The lowest BCUT2D eigenvalue weighted by atomic mass is 10.1. The number of aromatic nitrogens is 2. The van der Waals surface area contributed by atoms with Gasteiger partial charge in [0.15, 0.2) is 0 Å². The number of carbonyl (C=O) groups excluding carboxylic acids is 1. The Hall–Kier alpha value is -0.840. The Balaban J connectivity index is 1.97. The number of nitrogens with zero attached hydrogens (tertiary/aromatic N) is 2. The van der Waals surface area contributed by atoms with Crippen LogP contribution in [0.15, 0.2) is 12.5 Å². The van der Waals surface area contributed by atoms with Crippen molar-refractivity contribution in [3.05, 3.63) is 18.2 Å². The monoisotopic (exact) mass is 299 g/mol. The minimum absolute atomic E-state index is 0.0676. The molecule has 1 aliphatic rings. The fourth-order valence-corrected chi connectivity index (χ4v) is 2.92. The van der Waals surface area contributed by atoms with Crippen LogP contribution in [0.4, 0.5) is 0 Å². The van der Waals surface area contributed by atoms with Crippen LogP contribution >= 0.6 is 15.9 Å². The molecule has 0 aromatic carbocycles. The van der Waals surface area contributed by atoms with E-state index in [0.717, 1.165) is 12.8 Å². The summed E-state index contributed by atoms with van der Waals surface area (Å²) in [5.74, 6) is -0.0676. The molecule has 0 bridgehead atoms. The molecule has 2 atom stereocenters. The van der Waals surface area contributed by atoms with Gasteiger partial charge in [-0.3, -0.25) is 4.79 Å². The zero-order valence-electron chi connectivity index (χ0n) is 10.0. The first-order chi connectivity index (χ1) is 8.16. The number of nitrogens with one attached hydrogen (secondary N) is 1. The average Bonchev–Trinajstić information content (AvgIpc) is 2.63. The third-order valence-corrected chi connectivity index (χ3v) is 4.28. The van der Waals surface area contributed by atoms with Crippen LogP contribution in [0.1, 0.15) is 42.6 Å². The van der Waals surface area contributed by atoms with Crippen molar-refractivity contribution in [2.75, 3.05) is 0 Å². The van der Waals surface area contributed by atoms with Gasteiger partial charge in [0.1, 0.15) is 5.69 Å². The highest BCUT2D eigenvalue weighted by Crippen LogP contribution is 2.23. The number of alkyl halides is 1. The summed E-state index contributed by atoms with van der Waals surface area (Å²) < 4.78 is 1.79. The van der Waals surface area contributed by atoms with E-state index in [0.29, 0.717) is 10.5 Å². The minimum atomic E-state index is -0.0676. The Bertz CT molecular complexity index is 391. The number of imidazole rings is 1. The van der Waals surface area contributed by atoms with Gasteiger partial charge in [0.25, 0.3) is 5.91 Å². The quantitative estimate of drug-likeness (QED) is 0.672.